The van der Waals surface area contributed by atoms with Crippen molar-refractivity contribution in [1.82, 2.24) is 5.32 Å². The van der Waals surface area contributed by atoms with Crippen LogP contribution in [-0.2, 0) is 6.42 Å². The maximum atomic E-state index is 11.8. The van der Waals surface area contributed by atoms with Crippen LogP contribution in [0.15, 0.2) is 48.5 Å². The molecule has 3 rings (SSSR count). The minimum Gasteiger partial charge on any atom is -0.399 e. The molecule has 2 amide bonds. The summed E-state index contributed by atoms with van der Waals surface area (Å²) >= 11 is 0. The van der Waals surface area contributed by atoms with Crippen molar-refractivity contribution in [3.05, 3.63) is 59.7 Å². The maximum Gasteiger partial charge on any atom is 0.319 e. The molecule has 2 aromatic rings. The SMILES string of the molecule is Nc1cccc(NC(=O)NCC2Cc3ccccc32)c1. The van der Waals surface area contributed by atoms with Crippen molar-refractivity contribution in [2.45, 2.75) is 12.3 Å². The third-order valence-electron chi connectivity index (χ3n) is 3.61. The average Bonchev–Trinajstić information content (AvgIpc) is 2.40. The molecule has 0 heterocycles. The number of benzene rings is 2. The molecule has 1 aliphatic rings. The number of nitrogens with one attached hydrogen (secondary N) is 2. The first kappa shape index (κ1) is 12.5. The monoisotopic (exact) mass is 267 g/mol. The number of anilines is 2. The van der Waals surface area contributed by atoms with Gasteiger partial charge in [-0.1, -0.05) is 30.3 Å². The summed E-state index contributed by atoms with van der Waals surface area (Å²) < 4.78 is 0. The smallest absolute Gasteiger partial charge is 0.319 e. The van der Waals surface area contributed by atoms with Gasteiger partial charge in [0.1, 0.15) is 0 Å². The number of rotatable bonds is 3. The van der Waals surface area contributed by atoms with Gasteiger partial charge in [0, 0.05) is 23.8 Å². The van der Waals surface area contributed by atoms with Crippen LogP contribution in [0.1, 0.15) is 17.0 Å². The summed E-state index contributed by atoms with van der Waals surface area (Å²) in [6, 6.07) is 15.3. The average molecular weight is 267 g/mol. The maximum absolute atomic E-state index is 11.8. The van der Waals surface area contributed by atoms with Gasteiger partial charge in [0.05, 0.1) is 0 Å². The number of nitrogen functional groups attached to an aromatic ring is 1. The molecule has 4 N–H and O–H groups in total. The zero-order chi connectivity index (χ0) is 13.9. The van der Waals surface area contributed by atoms with Gasteiger partial charge >= 0.3 is 6.03 Å². The van der Waals surface area contributed by atoms with Crippen LogP contribution in [0.5, 0.6) is 0 Å². The predicted octanol–water partition coefficient (Wildman–Crippen LogP) is 2.73. The fraction of sp³-hybridized carbons (Fsp3) is 0.188. The van der Waals surface area contributed by atoms with Gasteiger partial charge in [0.25, 0.3) is 0 Å². The van der Waals surface area contributed by atoms with Gasteiger partial charge in [-0.3, -0.25) is 0 Å². The van der Waals surface area contributed by atoms with Crippen LogP contribution in [0.3, 0.4) is 0 Å². The van der Waals surface area contributed by atoms with Gasteiger partial charge in [-0.2, -0.15) is 0 Å². The summed E-state index contributed by atoms with van der Waals surface area (Å²) in [5, 5.41) is 5.68. The van der Waals surface area contributed by atoms with Gasteiger partial charge in [-0.05, 0) is 35.7 Å². The van der Waals surface area contributed by atoms with E-state index in [-0.39, 0.29) is 6.03 Å². The third-order valence-corrected chi connectivity index (χ3v) is 3.61. The van der Waals surface area contributed by atoms with Gasteiger partial charge in [-0.25, -0.2) is 4.79 Å². The summed E-state index contributed by atoms with van der Waals surface area (Å²) in [6.45, 7) is 0.658. The van der Waals surface area contributed by atoms with E-state index in [0.717, 1.165) is 6.42 Å². The third kappa shape index (κ3) is 2.59. The zero-order valence-corrected chi connectivity index (χ0v) is 11.1. The lowest BCUT2D eigenvalue weighted by Crippen LogP contribution is -2.35. The van der Waals surface area contributed by atoms with Gasteiger partial charge in [0.2, 0.25) is 0 Å². The number of fused-ring (bicyclic) bond motifs is 1. The lowest BCUT2D eigenvalue weighted by atomic mass is 9.78. The summed E-state index contributed by atoms with van der Waals surface area (Å²) in [7, 11) is 0. The van der Waals surface area contributed by atoms with Crippen LogP contribution in [0.2, 0.25) is 0 Å². The number of nitrogens with two attached hydrogens (primary N) is 1. The van der Waals surface area contributed by atoms with E-state index >= 15 is 0 Å². The number of carbonyl (C=O) groups is 1. The van der Waals surface area contributed by atoms with E-state index in [1.54, 1.807) is 12.1 Å². The van der Waals surface area contributed by atoms with Crippen molar-refractivity contribution in [1.29, 1.82) is 0 Å². The molecule has 0 saturated heterocycles. The molecule has 4 nitrogen and oxygen atoms in total. The van der Waals surface area contributed by atoms with Crippen molar-refractivity contribution in [2.24, 2.45) is 0 Å². The Morgan fingerprint density at radius 3 is 2.85 bits per heavy atom. The van der Waals surface area contributed by atoms with Crippen molar-refractivity contribution in [3.8, 4) is 0 Å². The van der Waals surface area contributed by atoms with Gasteiger partial charge < -0.3 is 16.4 Å². The zero-order valence-electron chi connectivity index (χ0n) is 11.1. The highest BCUT2D eigenvalue weighted by Crippen LogP contribution is 2.33. The summed E-state index contributed by atoms with van der Waals surface area (Å²) in [5.41, 5.74) is 9.74. The number of carbonyl (C=O) groups excluding carboxylic acids is 1. The minimum absolute atomic E-state index is 0.194. The molecular formula is C16H17N3O. The van der Waals surface area contributed by atoms with E-state index in [1.165, 1.54) is 11.1 Å². The molecule has 0 aliphatic heterocycles. The Hall–Kier alpha value is -2.49. The van der Waals surface area contributed by atoms with Gasteiger partial charge in [0.15, 0.2) is 0 Å². The Morgan fingerprint density at radius 1 is 1.20 bits per heavy atom. The molecule has 20 heavy (non-hydrogen) atoms. The number of urea groups is 1. The summed E-state index contributed by atoms with van der Waals surface area (Å²) in [6.07, 6.45) is 1.04. The second kappa shape index (κ2) is 5.25. The predicted molar refractivity (Wildman–Crippen MR) is 80.8 cm³/mol. The molecule has 0 spiro atoms. The van der Waals surface area contributed by atoms with Crippen LogP contribution in [0.25, 0.3) is 0 Å². The molecule has 4 heteroatoms. The first-order chi connectivity index (χ1) is 9.72. The van der Waals surface area contributed by atoms with Crippen LogP contribution in [0.4, 0.5) is 16.2 Å². The van der Waals surface area contributed by atoms with Crippen molar-refractivity contribution < 1.29 is 4.79 Å². The lowest BCUT2D eigenvalue weighted by molar-refractivity contribution is 0.251. The van der Waals surface area contributed by atoms with Crippen LogP contribution in [0, 0.1) is 0 Å². The van der Waals surface area contributed by atoms with Crippen LogP contribution >= 0.6 is 0 Å². The molecule has 1 unspecified atom stereocenters. The Bertz CT molecular complexity index is 639. The lowest BCUT2D eigenvalue weighted by Gasteiger charge is -2.30. The molecule has 0 saturated carbocycles. The normalized spacial score (nSPS) is 15.9. The van der Waals surface area contributed by atoms with Crippen molar-refractivity contribution in [3.63, 3.8) is 0 Å². The molecule has 0 aromatic heterocycles. The standard InChI is InChI=1S/C16H17N3O/c17-13-5-3-6-14(9-13)19-16(20)18-10-12-8-11-4-1-2-7-15(11)12/h1-7,9,12H,8,10,17H2,(H2,18,19,20). The first-order valence-corrected chi connectivity index (χ1v) is 6.70. The molecule has 0 bridgehead atoms. The van der Waals surface area contributed by atoms with Gasteiger partial charge in [-0.15, -0.1) is 0 Å². The summed E-state index contributed by atoms with van der Waals surface area (Å²) in [5.74, 6) is 0.429. The first-order valence-electron chi connectivity index (χ1n) is 6.70. The number of hydrogen-bond acceptors (Lipinski definition) is 2. The Labute approximate surface area is 118 Å². The molecule has 1 atom stereocenters. The molecular weight excluding hydrogens is 250 g/mol. The second-order valence-corrected chi connectivity index (χ2v) is 5.06. The highest BCUT2D eigenvalue weighted by molar-refractivity contribution is 5.89. The fourth-order valence-corrected chi connectivity index (χ4v) is 2.55. The van der Waals surface area contributed by atoms with E-state index < -0.39 is 0 Å². The van der Waals surface area contributed by atoms with E-state index in [4.69, 9.17) is 5.73 Å². The van der Waals surface area contributed by atoms with Crippen LogP contribution in [-0.4, -0.2) is 12.6 Å². The fourth-order valence-electron chi connectivity index (χ4n) is 2.55. The Kier molecular flexibility index (Phi) is 3.29. The van der Waals surface area contributed by atoms with Crippen LogP contribution < -0.4 is 16.4 Å². The van der Waals surface area contributed by atoms with E-state index in [1.807, 2.05) is 18.2 Å². The molecule has 0 radical (unpaired) electrons. The quantitative estimate of drug-likeness (QED) is 0.748. The number of hydrogen-bond donors (Lipinski definition) is 3. The number of amides is 2. The second-order valence-electron chi connectivity index (χ2n) is 5.06. The van der Waals surface area contributed by atoms with Crippen molar-refractivity contribution >= 4 is 17.4 Å². The molecule has 1 aliphatic carbocycles. The topological polar surface area (TPSA) is 67.1 Å². The highest BCUT2D eigenvalue weighted by atomic mass is 16.2. The van der Waals surface area contributed by atoms with E-state index in [2.05, 4.69) is 28.8 Å². The molecule has 0 fully saturated rings. The van der Waals surface area contributed by atoms with Crippen molar-refractivity contribution in [2.75, 3.05) is 17.6 Å². The minimum atomic E-state index is -0.194. The highest BCUT2D eigenvalue weighted by Gasteiger charge is 2.25. The largest absolute Gasteiger partial charge is 0.399 e. The Balaban J connectivity index is 1.51. The summed E-state index contributed by atoms with van der Waals surface area (Å²) in [4.78, 5) is 11.8. The molecule has 2 aromatic carbocycles. The Morgan fingerprint density at radius 2 is 2.05 bits per heavy atom. The van der Waals surface area contributed by atoms with E-state index in [0.29, 0.717) is 23.8 Å². The molecule has 102 valence electrons. The van der Waals surface area contributed by atoms with E-state index in [9.17, 15) is 4.79 Å².